The third-order valence-corrected chi connectivity index (χ3v) is 10.9. The van der Waals surface area contributed by atoms with Gasteiger partial charge in [-0.1, -0.05) is 121 Å². The smallest absolute Gasteiger partial charge is 0.235 e. The lowest BCUT2D eigenvalue weighted by Gasteiger charge is -2.13. The Hall–Kier alpha value is -7.24. The van der Waals surface area contributed by atoms with E-state index in [1.54, 1.807) is 0 Å². The standard InChI is InChI=1S/C48H28N4O/c1-2-14-30(15-3-1)51-39-23-11-7-16-31(39)37-28-29(26-27-41(37)51)45-34-19-6-10-22-38(34)49-48(50-45)52-40-24-12-8-20-35(40)43-44-36-21-9-13-25-42(36)53-47(44)33-18-5-4-17-32(33)46(43)52/h1-28H. The molecule has 0 aliphatic rings. The summed E-state index contributed by atoms with van der Waals surface area (Å²) in [6.45, 7) is 0. The van der Waals surface area contributed by atoms with Crippen LogP contribution in [0.5, 0.6) is 0 Å². The predicted octanol–water partition coefficient (Wildman–Crippen LogP) is 12.5. The van der Waals surface area contributed by atoms with Gasteiger partial charge in [0.1, 0.15) is 11.2 Å². The third kappa shape index (κ3) is 3.91. The summed E-state index contributed by atoms with van der Waals surface area (Å²) in [6.07, 6.45) is 0. The van der Waals surface area contributed by atoms with E-state index < -0.39 is 0 Å². The number of nitrogens with zero attached hydrogens (tertiary/aromatic N) is 4. The van der Waals surface area contributed by atoms with Gasteiger partial charge in [-0.05, 0) is 48.5 Å². The molecule has 4 heterocycles. The zero-order valence-electron chi connectivity index (χ0n) is 28.4. The topological polar surface area (TPSA) is 48.8 Å². The summed E-state index contributed by atoms with van der Waals surface area (Å²) in [5, 5.41) is 10.1. The highest BCUT2D eigenvalue weighted by Crippen LogP contribution is 2.46. The molecule has 0 aliphatic carbocycles. The maximum atomic E-state index is 6.63. The molecule has 0 radical (unpaired) electrons. The van der Waals surface area contributed by atoms with Crippen LogP contribution in [0.2, 0.25) is 0 Å². The van der Waals surface area contributed by atoms with Crippen LogP contribution >= 0.6 is 0 Å². The zero-order chi connectivity index (χ0) is 34.6. The molecule has 0 atom stereocenters. The van der Waals surface area contributed by atoms with Gasteiger partial charge in [-0.2, -0.15) is 0 Å². The molecular formula is C48H28N4O. The first-order valence-electron chi connectivity index (χ1n) is 17.9. The molecule has 246 valence electrons. The molecule has 0 spiro atoms. The van der Waals surface area contributed by atoms with Crippen LogP contribution in [0.3, 0.4) is 0 Å². The lowest BCUT2D eigenvalue weighted by Crippen LogP contribution is -2.03. The lowest BCUT2D eigenvalue weighted by molar-refractivity contribution is 0.673. The Kier molecular flexibility index (Phi) is 5.71. The van der Waals surface area contributed by atoms with Crippen molar-refractivity contribution in [1.29, 1.82) is 0 Å². The van der Waals surface area contributed by atoms with Crippen molar-refractivity contribution in [3.63, 3.8) is 0 Å². The zero-order valence-corrected chi connectivity index (χ0v) is 28.4. The van der Waals surface area contributed by atoms with Crippen LogP contribution in [0, 0.1) is 0 Å². The predicted molar refractivity (Wildman–Crippen MR) is 218 cm³/mol. The summed E-state index contributed by atoms with van der Waals surface area (Å²) < 4.78 is 11.2. The maximum Gasteiger partial charge on any atom is 0.235 e. The Morgan fingerprint density at radius 2 is 1.04 bits per heavy atom. The molecule has 0 aliphatic heterocycles. The highest BCUT2D eigenvalue weighted by Gasteiger charge is 2.24. The van der Waals surface area contributed by atoms with Gasteiger partial charge in [-0.25, -0.2) is 9.97 Å². The Morgan fingerprint density at radius 3 is 1.87 bits per heavy atom. The van der Waals surface area contributed by atoms with Crippen molar-refractivity contribution in [3.8, 4) is 22.9 Å². The average molecular weight is 677 g/mol. The van der Waals surface area contributed by atoms with Gasteiger partial charge in [0.25, 0.3) is 0 Å². The Bertz CT molecular complexity index is 3460. The van der Waals surface area contributed by atoms with Crippen LogP contribution in [0.15, 0.2) is 174 Å². The molecule has 4 aromatic heterocycles. The van der Waals surface area contributed by atoms with Crippen molar-refractivity contribution in [2.75, 3.05) is 0 Å². The van der Waals surface area contributed by atoms with Crippen LogP contribution < -0.4 is 0 Å². The number of furan rings is 1. The van der Waals surface area contributed by atoms with E-state index in [0.717, 1.165) is 87.9 Å². The normalized spacial score (nSPS) is 12.2. The quantitative estimate of drug-likeness (QED) is 0.187. The molecule has 0 bridgehead atoms. The number of para-hydroxylation sites is 5. The first-order valence-corrected chi connectivity index (χ1v) is 17.9. The fourth-order valence-electron chi connectivity index (χ4n) is 8.69. The molecule has 0 amide bonds. The van der Waals surface area contributed by atoms with E-state index in [9.17, 15) is 0 Å². The van der Waals surface area contributed by atoms with Crippen molar-refractivity contribution in [2.45, 2.75) is 0 Å². The Labute approximate surface area is 302 Å². The number of rotatable bonds is 3. The van der Waals surface area contributed by atoms with Gasteiger partial charge in [-0.15, -0.1) is 0 Å². The van der Waals surface area contributed by atoms with E-state index in [2.05, 4.69) is 173 Å². The van der Waals surface area contributed by atoms with Crippen LogP contribution in [0.1, 0.15) is 0 Å². The number of benzene rings is 8. The van der Waals surface area contributed by atoms with Crippen molar-refractivity contribution in [2.24, 2.45) is 0 Å². The van der Waals surface area contributed by atoms with Crippen molar-refractivity contribution < 1.29 is 4.42 Å². The SMILES string of the molecule is c1ccc(-n2c3ccccc3c3cc(-c4nc(-n5c6ccccc6c6c7c8ccccc8oc7c7ccccc7c65)nc5ccccc45)ccc32)cc1. The van der Waals surface area contributed by atoms with Gasteiger partial charge < -0.3 is 8.98 Å². The van der Waals surface area contributed by atoms with Crippen LogP contribution in [-0.4, -0.2) is 19.1 Å². The number of hydrogen-bond donors (Lipinski definition) is 0. The van der Waals surface area contributed by atoms with E-state index in [1.165, 1.54) is 16.3 Å². The molecule has 0 N–H and O–H groups in total. The van der Waals surface area contributed by atoms with Crippen molar-refractivity contribution in [3.05, 3.63) is 170 Å². The van der Waals surface area contributed by atoms with E-state index in [-0.39, 0.29) is 0 Å². The first kappa shape index (κ1) is 28.5. The largest absolute Gasteiger partial charge is 0.455 e. The van der Waals surface area contributed by atoms with Gasteiger partial charge >= 0.3 is 0 Å². The van der Waals surface area contributed by atoms with Crippen molar-refractivity contribution in [1.82, 2.24) is 19.1 Å². The van der Waals surface area contributed by atoms with Crippen LogP contribution in [0.4, 0.5) is 0 Å². The molecule has 5 nitrogen and oxygen atoms in total. The molecule has 0 saturated carbocycles. The Balaban J connectivity index is 1.20. The monoisotopic (exact) mass is 676 g/mol. The summed E-state index contributed by atoms with van der Waals surface area (Å²) >= 11 is 0. The highest BCUT2D eigenvalue weighted by atomic mass is 16.3. The minimum Gasteiger partial charge on any atom is -0.455 e. The van der Waals surface area contributed by atoms with Crippen LogP contribution in [0.25, 0.3) is 110 Å². The van der Waals surface area contributed by atoms with E-state index >= 15 is 0 Å². The fraction of sp³-hybridized carbons (Fsp3) is 0. The van der Waals surface area contributed by atoms with Crippen LogP contribution in [-0.2, 0) is 0 Å². The molecule has 53 heavy (non-hydrogen) atoms. The van der Waals surface area contributed by atoms with E-state index in [4.69, 9.17) is 14.4 Å². The average Bonchev–Trinajstić information content (AvgIpc) is 3.89. The van der Waals surface area contributed by atoms with Crippen molar-refractivity contribution >= 4 is 87.2 Å². The van der Waals surface area contributed by atoms with E-state index in [1.807, 2.05) is 6.07 Å². The molecule has 12 rings (SSSR count). The minimum absolute atomic E-state index is 0.633. The van der Waals surface area contributed by atoms with Gasteiger partial charge in [0.15, 0.2) is 0 Å². The first-order chi connectivity index (χ1) is 26.3. The minimum atomic E-state index is 0.633. The molecule has 0 unspecified atom stereocenters. The summed E-state index contributed by atoms with van der Waals surface area (Å²) in [5.74, 6) is 0.633. The highest BCUT2D eigenvalue weighted by molar-refractivity contribution is 6.36. The molecule has 8 aromatic carbocycles. The summed E-state index contributed by atoms with van der Waals surface area (Å²) in [7, 11) is 0. The van der Waals surface area contributed by atoms with Gasteiger partial charge in [-0.3, -0.25) is 4.57 Å². The van der Waals surface area contributed by atoms with E-state index in [0.29, 0.717) is 5.95 Å². The molecule has 12 aromatic rings. The van der Waals surface area contributed by atoms with Gasteiger partial charge in [0.2, 0.25) is 5.95 Å². The molecular weight excluding hydrogens is 649 g/mol. The molecule has 5 heteroatoms. The summed E-state index contributed by atoms with van der Waals surface area (Å²) in [6, 6.07) is 59.8. The number of aromatic nitrogens is 4. The lowest BCUT2D eigenvalue weighted by atomic mass is 9.99. The second-order valence-electron chi connectivity index (χ2n) is 13.7. The van der Waals surface area contributed by atoms with Gasteiger partial charge in [0.05, 0.1) is 33.3 Å². The summed E-state index contributed by atoms with van der Waals surface area (Å²) in [5.41, 5.74) is 10.2. The second-order valence-corrected chi connectivity index (χ2v) is 13.7. The summed E-state index contributed by atoms with van der Waals surface area (Å²) in [4.78, 5) is 10.8. The third-order valence-electron chi connectivity index (χ3n) is 10.9. The number of fused-ring (bicyclic) bond motifs is 14. The van der Waals surface area contributed by atoms with Gasteiger partial charge in [0, 0.05) is 59.7 Å². The maximum absolute atomic E-state index is 6.63. The second kappa shape index (κ2) is 10.6. The number of hydrogen-bond acceptors (Lipinski definition) is 3. The molecule has 0 saturated heterocycles. The fourth-order valence-corrected chi connectivity index (χ4v) is 8.69. The molecule has 0 fully saturated rings. The Morgan fingerprint density at radius 1 is 0.415 bits per heavy atom.